The lowest BCUT2D eigenvalue weighted by Crippen LogP contribution is -2.23. The van der Waals surface area contributed by atoms with E-state index in [0.717, 1.165) is 11.3 Å². The highest BCUT2D eigenvalue weighted by Crippen LogP contribution is 2.13. The molecule has 0 aliphatic carbocycles. The van der Waals surface area contributed by atoms with Gasteiger partial charge in [-0.25, -0.2) is 0 Å². The molecule has 0 unspecified atom stereocenters. The molecule has 2 amide bonds. The highest BCUT2D eigenvalue weighted by molar-refractivity contribution is 5.96. The van der Waals surface area contributed by atoms with Crippen LogP contribution in [0.25, 0.3) is 0 Å². The summed E-state index contributed by atoms with van der Waals surface area (Å²) in [5.74, 6) is 0.297. The number of hydrogen-bond donors (Lipinski definition) is 2. The van der Waals surface area contributed by atoms with Gasteiger partial charge in [-0.05, 0) is 32.0 Å². The maximum absolute atomic E-state index is 12.1. The summed E-state index contributed by atoms with van der Waals surface area (Å²) in [6.45, 7) is 5.41. The first-order valence-corrected chi connectivity index (χ1v) is 6.55. The van der Waals surface area contributed by atoms with Crippen molar-refractivity contribution >= 4 is 17.5 Å². The molecule has 6 nitrogen and oxygen atoms in total. The van der Waals surface area contributed by atoms with Crippen molar-refractivity contribution in [3.63, 3.8) is 0 Å². The second-order valence-corrected chi connectivity index (χ2v) is 4.75. The molecule has 0 radical (unpaired) electrons. The third-order valence-electron chi connectivity index (χ3n) is 3.05. The molecule has 0 saturated heterocycles. The van der Waals surface area contributed by atoms with Gasteiger partial charge in [0.15, 0.2) is 0 Å². The third kappa shape index (κ3) is 3.68. The third-order valence-corrected chi connectivity index (χ3v) is 3.05. The molecule has 0 fully saturated rings. The zero-order chi connectivity index (χ0) is 15.4. The van der Waals surface area contributed by atoms with Gasteiger partial charge in [-0.2, -0.15) is 0 Å². The van der Waals surface area contributed by atoms with Crippen molar-refractivity contribution in [3.8, 4) is 0 Å². The highest BCUT2D eigenvalue weighted by atomic mass is 16.5. The Balaban J connectivity index is 2.05. The van der Waals surface area contributed by atoms with Crippen molar-refractivity contribution in [2.45, 2.75) is 27.3 Å². The van der Waals surface area contributed by atoms with Crippen LogP contribution in [-0.2, 0) is 11.3 Å². The van der Waals surface area contributed by atoms with Crippen LogP contribution in [0.2, 0.25) is 0 Å². The first kappa shape index (κ1) is 14.8. The Hall–Kier alpha value is -2.63. The molecule has 0 aliphatic rings. The minimum Gasteiger partial charge on any atom is -0.361 e. The van der Waals surface area contributed by atoms with Crippen molar-refractivity contribution in [2.24, 2.45) is 0 Å². The standard InChI is InChI=1S/C15H17N3O3/c1-9-14(10(2)21-18-9)8-16-15(20)12-5-4-6-13(7-12)17-11(3)19/h4-7H,8H2,1-3H3,(H,16,20)(H,17,19). The number of anilines is 1. The van der Waals surface area contributed by atoms with E-state index >= 15 is 0 Å². The molecular weight excluding hydrogens is 270 g/mol. The molecule has 1 heterocycles. The fourth-order valence-corrected chi connectivity index (χ4v) is 1.97. The van der Waals surface area contributed by atoms with E-state index in [2.05, 4.69) is 15.8 Å². The van der Waals surface area contributed by atoms with Crippen LogP contribution in [0.1, 0.15) is 34.3 Å². The van der Waals surface area contributed by atoms with Crippen LogP contribution in [0.5, 0.6) is 0 Å². The molecule has 110 valence electrons. The van der Waals surface area contributed by atoms with Crippen molar-refractivity contribution < 1.29 is 14.1 Å². The molecule has 1 aromatic carbocycles. The predicted octanol–water partition coefficient (Wildman–Crippen LogP) is 2.18. The Morgan fingerprint density at radius 3 is 2.67 bits per heavy atom. The lowest BCUT2D eigenvalue weighted by atomic mass is 10.1. The quantitative estimate of drug-likeness (QED) is 0.902. The van der Waals surface area contributed by atoms with Crippen LogP contribution in [0.3, 0.4) is 0 Å². The average molecular weight is 287 g/mol. The number of aryl methyl sites for hydroxylation is 2. The number of nitrogens with zero attached hydrogens (tertiary/aromatic N) is 1. The molecule has 0 spiro atoms. The minimum atomic E-state index is -0.220. The summed E-state index contributed by atoms with van der Waals surface area (Å²) in [4.78, 5) is 23.1. The van der Waals surface area contributed by atoms with Crippen LogP contribution in [0, 0.1) is 13.8 Å². The topological polar surface area (TPSA) is 84.2 Å². The van der Waals surface area contributed by atoms with E-state index in [-0.39, 0.29) is 11.8 Å². The van der Waals surface area contributed by atoms with Crippen molar-refractivity contribution in [1.29, 1.82) is 0 Å². The van der Waals surface area contributed by atoms with Gasteiger partial charge < -0.3 is 15.2 Å². The first-order chi connectivity index (χ1) is 9.97. The monoisotopic (exact) mass is 287 g/mol. The molecule has 0 bridgehead atoms. The van der Waals surface area contributed by atoms with Gasteiger partial charge in [-0.1, -0.05) is 11.2 Å². The summed E-state index contributed by atoms with van der Waals surface area (Å²) in [6, 6.07) is 6.76. The van der Waals surface area contributed by atoms with E-state index in [4.69, 9.17) is 4.52 Å². The van der Waals surface area contributed by atoms with Crippen LogP contribution in [0.15, 0.2) is 28.8 Å². The number of carbonyl (C=O) groups is 2. The fraction of sp³-hybridized carbons (Fsp3) is 0.267. The Bertz CT molecular complexity index is 657. The minimum absolute atomic E-state index is 0.178. The van der Waals surface area contributed by atoms with E-state index in [1.807, 2.05) is 6.92 Å². The van der Waals surface area contributed by atoms with E-state index in [9.17, 15) is 9.59 Å². The number of nitrogens with one attached hydrogen (secondary N) is 2. The number of benzene rings is 1. The number of carbonyl (C=O) groups excluding carboxylic acids is 2. The lowest BCUT2D eigenvalue weighted by molar-refractivity contribution is -0.114. The lowest BCUT2D eigenvalue weighted by Gasteiger charge is -2.07. The zero-order valence-corrected chi connectivity index (χ0v) is 12.2. The number of hydrogen-bond acceptors (Lipinski definition) is 4. The fourth-order valence-electron chi connectivity index (χ4n) is 1.97. The van der Waals surface area contributed by atoms with Gasteiger partial charge in [-0.15, -0.1) is 0 Å². The summed E-state index contributed by atoms with van der Waals surface area (Å²) in [5, 5.41) is 9.30. The van der Waals surface area contributed by atoms with Crippen molar-refractivity contribution in [2.75, 3.05) is 5.32 Å². The molecule has 1 aromatic heterocycles. The second-order valence-electron chi connectivity index (χ2n) is 4.75. The molecule has 2 N–H and O–H groups in total. The number of aromatic nitrogens is 1. The highest BCUT2D eigenvalue weighted by Gasteiger charge is 2.11. The largest absolute Gasteiger partial charge is 0.361 e. The van der Waals surface area contributed by atoms with Gasteiger partial charge in [0.25, 0.3) is 5.91 Å². The Morgan fingerprint density at radius 1 is 1.29 bits per heavy atom. The van der Waals surface area contributed by atoms with Gasteiger partial charge in [0.05, 0.1) is 5.69 Å². The number of rotatable bonds is 4. The smallest absolute Gasteiger partial charge is 0.251 e. The van der Waals surface area contributed by atoms with Crippen LogP contribution in [-0.4, -0.2) is 17.0 Å². The van der Waals surface area contributed by atoms with E-state index in [0.29, 0.717) is 23.6 Å². The molecule has 21 heavy (non-hydrogen) atoms. The van der Waals surface area contributed by atoms with Crippen LogP contribution in [0.4, 0.5) is 5.69 Å². The van der Waals surface area contributed by atoms with Gasteiger partial charge in [-0.3, -0.25) is 9.59 Å². The summed E-state index contributed by atoms with van der Waals surface area (Å²) >= 11 is 0. The molecular formula is C15H17N3O3. The predicted molar refractivity (Wildman–Crippen MR) is 77.9 cm³/mol. The Labute approximate surface area is 122 Å². The van der Waals surface area contributed by atoms with Gasteiger partial charge in [0.1, 0.15) is 5.76 Å². The van der Waals surface area contributed by atoms with E-state index in [1.165, 1.54) is 6.92 Å². The van der Waals surface area contributed by atoms with Crippen LogP contribution < -0.4 is 10.6 Å². The molecule has 2 aromatic rings. The Morgan fingerprint density at radius 2 is 2.05 bits per heavy atom. The zero-order valence-electron chi connectivity index (χ0n) is 12.2. The molecule has 6 heteroatoms. The Kier molecular flexibility index (Phi) is 4.37. The molecule has 0 aliphatic heterocycles. The summed E-state index contributed by atoms with van der Waals surface area (Å²) in [5.41, 5.74) is 2.71. The van der Waals surface area contributed by atoms with Gasteiger partial charge in [0, 0.05) is 30.3 Å². The maximum atomic E-state index is 12.1. The summed E-state index contributed by atoms with van der Waals surface area (Å²) < 4.78 is 5.05. The normalized spacial score (nSPS) is 10.2. The summed E-state index contributed by atoms with van der Waals surface area (Å²) in [7, 11) is 0. The first-order valence-electron chi connectivity index (χ1n) is 6.55. The number of amides is 2. The van der Waals surface area contributed by atoms with E-state index in [1.54, 1.807) is 31.2 Å². The van der Waals surface area contributed by atoms with Crippen LogP contribution >= 0.6 is 0 Å². The van der Waals surface area contributed by atoms with Crippen molar-refractivity contribution in [3.05, 3.63) is 46.8 Å². The van der Waals surface area contributed by atoms with Crippen molar-refractivity contribution in [1.82, 2.24) is 10.5 Å². The average Bonchev–Trinajstić information content (AvgIpc) is 2.75. The maximum Gasteiger partial charge on any atom is 0.251 e. The van der Waals surface area contributed by atoms with Gasteiger partial charge in [0.2, 0.25) is 5.91 Å². The molecule has 2 rings (SSSR count). The SMILES string of the molecule is CC(=O)Nc1cccc(C(=O)NCc2c(C)noc2C)c1. The molecule has 0 saturated carbocycles. The van der Waals surface area contributed by atoms with Gasteiger partial charge >= 0.3 is 0 Å². The second kappa shape index (κ2) is 6.21. The van der Waals surface area contributed by atoms with E-state index < -0.39 is 0 Å². The summed E-state index contributed by atoms with van der Waals surface area (Å²) in [6.07, 6.45) is 0. The molecule has 0 atom stereocenters.